The maximum atomic E-state index is 10.2. The summed E-state index contributed by atoms with van der Waals surface area (Å²) < 4.78 is 0. The summed E-state index contributed by atoms with van der Waals surface area (Å²) in [7, 11) is 0. The van der Waals surface area contributed by atoms with Crippen molar-refractivity contribution >= 4 is 18.0 Å². The molecule has 0 spiro atoms. The van der Waals surface area contributed by atoms with E-state index in [0.29, 0.717) is 11.7 Å². The summed E-state index contributed by atoms with van der Waals surface area (Å²) >= 11 is 1.93. The molecule has 2 unspecified atom stereocenters. The van der Waals surface area contributed by atoms with E-state index in [-0.39, 0.29) is 0 Å². The van der Waals surface area contributed by atoms with Crippen molar-refractivity contribution in [1.82, 2.24) is 0 Å². The minimum absolute atomic E-state index is 0.511. The number of thioether (sulfide) groups is 1. The number of carbonyl (C=O) groups excluding carboxylic acids is 1. The molecule has 0 aliphatic heterocycles. The molecular formula is C13H26OS. The molecule has 0 amide bonds. The first-order valence-electron chi connectivity index (χ1n) is 6.25. The topological polar surface area (TPSA) is 17.1 Å². The van der Waals surface area contributed by atoms with Gasteiger partial charge in [-0.25, -0.2) is 0 Å². The molecule has 0 N–H and O–H groups in total. The Balaban J connectivity index is 3.14. The van der Waals surface area contributed by atoms with Crippen molar-refractivity contribution in [2.45, 2.75) is 64.5 Å². The van der Waals surface area contributed by atoms with Crippen molar-refractivity contribution in [1.29, 1.82) is 0 Å². The van der Waals surface area contributed by atoms with Gasteiger partial charge in [-0.2, -0.15) is 11.8 Å². The van der Waals surface area contributed by atoms with Crippen LogP contribution >= 0.6 is 11.8 Å². The lowest BCUT2D eigenvalue weighted by atomic mass is 10.0. The number of aldehydes is 1. The molecule has 0 aliphatic rings. The van der Waals surface area contributed by atoms with Crippen molar-refractivity contribution < 1.29 is 4.79 Å². The van der Waals surface area contributed by atoms with Crippen LogP contribution in [0.15, 0.2) is 0 Å². The predicted molar refractivity (Wildman–Crippen MR) is 70.5 cm³/mol. The van der Waals surface area contributed by atoms with Gasteiger partial charge in [0.1, 0.15) is 6.29 Å². The van der Waals surface area contributed by atoms with Gasteiger partial charge in [0, 0.05) is 11.7 Å². The quantitative estimate of drug-likeness (QED) is 0.411. The van der Waals surface area contributed by atoms with Gasteiger partial charge in [-0.15, -0.1) is 0 Å². The second-order valence-corrected chi connectivity index (χ2v) is 5.99. The third kappa shape index (κ3) is 10.3. The molecule has 0 saturated carbocycles. The lowest BCUT2D eigenvalue weighted by molar-refractivity contribution is -0.107. The van der Waals surface area contributed by atoms with Crippen molar-refractivity contribution in [3.8, 4) is 0 Å². The molecular weight excluding hydrogens is 204 g/mol. The minimum atomic E-state index is 0.511. The standard InChI is InChI=1S/C13H26OS/c1-4-12(2)8-6-5-7-11-15-13(3)9-10-14/h10,12-13H,4-9,11H2,1-3H3. The normalized spacial score (nSPS) is 14.9. The molecule has 0 aromatic carbocycles. The van der Waals surface area contributed by atoms with Crippen LogP contribution in [0.25, 0.3) is 0 Å². The summed E-state index contributed by atoms with van der Waals surface area (Å²) in [5.74, 6) is 2.11. The molecule has 90 valence electrons. The second-order valence-electron chi connectivity index (χ2n) is 4.45. The maximum absolute atomic E-state index is 10.2. The Kier molecular flexibility index (Phi) is 10.5. The summed E-state index contributed by atoms with van der Waals surface area (Å²) in [4.78, 5) is 10.2. The van der Waals surface area contributed by atoms with Gasteiger partial charge in [-0.3, -0.25) is 0 Å². The smallest absolute Gasteiger partial charge is 0.121 e. The fraction of sp³-hybridized carbons (Fsp3) is 0.923. The monoisotopic (exact) mass is 230 g/mol. The molecule has 0 rings (SSSR count). The van der Waals surface area contributed by atoms with E-state index in [1.165, 1.54) is 37.9 Å². The third-order valence-electron chi connectivity index (χ3n) is 2.87. The van der Waals surface area contributed by atoms with Crippen molar-refractivity contribution in [2.75, 3.05) is 5.75 Å². The van der Waals surface area contributed by atoms with Gasteiger partial charge in [0.2, 0.25) is 0 Å². The van der Waals surface area contributed by atoms with Crippen LogP contribution in [-0.4, -0.2) is 17.3 Å². The molecule has 2 heteroatoms. The Bertz CT molecular complexity index is 147. The van der Waals surface area contributed by atoms with E-state index in [0.717, 1.165) is 12.2 Å². The van der Waals surface area contributed by atoms with E-state index in [9.17, 15) is 4.79 Å². The van der Waals surface area contributed by atoms with Gasteiger partial charge < -0.3 is 4.79 Å². The zero-order valence-electron chi connectivity index (χ0n) is 10.5. The van der Waals surface area contributed by atoms with Crippen LogP contribution in [0.1, 0.15) is 59.3 Å². The fourth-order valence-corrected chi connectivity index (χ4v) is 2.45. The molecule has 0 radical (unpaired) electrons. The highest BCUT2D eigenvalue weighted by molar-refractivity contribution is 7.99. The van der Waals surface area contributed by atoms with E-state index in [4.69, 9.17) is 0 Å². The van der Waals surface area contributed by atoms with Gasteiger partial charge in [0.25, 0.3) is 0 Å². The highest BCUT2D eigenvalue weighted by Gasteiger charge is 2.01. The average molecular weight is 230 g/mol. The van der Waals surface area contributed by atoms with Gasteiger partial charge in [-0.05, 0) is 18.1 Å². The molecule has 0 bridgehead atoms. The molecule has 0 aromatic rings. The van der Waals surface area contributed by atoms with Crippen LogP contribution in [0.3, 0.4) is 0 Å². The van der Waals surface area contributed by atoms with Gasteiger partial charge >= 0.3 is 0 Å². The van der Waals surface area contributed by atoms with Gasteiger partial charge in [0.05, 0.1) is 0 Å². The predicted octanol–water partition coefficient (Wildman–Crippen LogP) is 4.30. The Labute approximate surface area is 99.4 Å². The molecule has 2 atom stereocenters. The Hall–Kier alpha value is 0.0200. The van der Waals surface area contributed by atoms with Gasteiger partial charge in [-0.1, -0.05) is 46.5 Å². The number of hydrogen-bond acceptors (Lipinski definition) is 2. The van der Waals surface area contributed by atoms with Crippen LogP contribution in [0.4, 0.5) is 0 Å². The van der Waals surface area contributed by atoms with Crippen molar-refractivity contribution in [3.63, 3.8) is 0 Å². The summed E-state index contributed by atoms with van der Waals surface area (Å²) in [6.07, 6.45) is 8.46. The fourth-order valence-electron chi connectivity index (χ4n) is 1.46. The minimum Gasteiger partial charge on any atom is -0.303 e. The largest absolute Gasteiger partial charge is 0.303 e. The highest BCUT2D eigenvalue weighted by atomic mass is 32.2. The van der Waals surface area contributed by atoms with E-state index in [1.54, 1.807) is 0 Å². The first-order chi connectivity index (χ1) is 7.20. The van der Waals surface area contributed by atoms with E-state index in [2.05, 4.69) is 20.8 Å². The zero-order chi connectivity index (χ0) is 11.5. The molecule has 0 aliphatic carbocycles. The van der Waals surface area contributed by atoms with Crippen LogP contribution in [0.2, 0.25) is 0 Å². The molecule has 0 heterocycles. The van der Waals surface area contributed by atoms with Crippen LogP contribution < -0.4 is 0 Å². The van der Waals surface area contributed by atoms with E-state index in [1.807, 2.05) is 11.8 Å². The first kappa shape index (κ1) is 15.0. The van der Waals surface area contributed by atoms with E-state index < -0.39 is 0 Å². The van der Waals surface area contributed by atoms with Crippen molar-refractivity contribution in [3.05, 3.63) is 0 Å². The number of carbonyl (C=O) groups is 1. The van der Waals surface area contributed by atoms with Crippen molar-refractivity contribution in [2.24, 2.45) is 5.92 Å². The SMILES string of the molecule is CCC(C)CCCCCSC(C)CC=O. The molecule has 0 fully saturated rings. The van der Waals surface area contributed by atoms with Gasteiger partial charge in [0.15, 0.2) is 0 Å². The third-order valence-corrected chi connectivity index (χ3v) is 4.15. The number of hydrogen-bond donors (Lipinski definition) is 0. The lowest BCUT2D eigenvalue weighted by Crippen LogP contribution is -1.98. The lowest BCUT2D eigenvalue weighted by Gasteiger charge is -2.09. The first-order valence-corrected chi connectivity index (χ1v) is 7.30. The summed E-state index contributed by atoms with van der Waals surface area (Å²) in [5, 5.41) is 0.511. The Morgan fingerprint density at radius 3 is 2.53 bits per heavy atom. The van der Waals surface area contributed by atoms with Crippen LogP contribution in [0, 0.1) is 5.92 Å². The highest BCUT2D eigenvalue weighted by Crippen LogP contribution is 2.17. The molecule has 1 nitrogen and oxygen atoms in total. The molecule has 15 heavy (non-hydrogen) atoms. The molecule has 0 aromatic heterocycles. The Morgan fingerprint density at radius 1 is 1.20 bits per heavy atom. The molecule has 0 saturated heterocycles. The summed E-state index contributed by atoms with van der Waals surface area (Å²) in [6.45, 7) is 6.74. The zero-order valence-corrected chi connectivity index (χ0v) is 11.3. The summed E-state index contributed by atoms with van der Waals surface area (Å²) in [5.41, 5.74) is 0. The average Bonchev–Trinajstić information content (AvgIpc) is 2.23. The second kappa shape index (κ2) is 10.5. The van der Waals surface area contributed by atoms with Crippen LogP contribution in [-0.2, 0) is 4.79 Å². The summed E-state index contributed by atoms with van der Waals surface area (Å²) in [6, 6.07) is 0. The van der Waals surface area contributed by atoms with Crippen LogP contribution in [0.5, 0.6) is 0 Å². The maximum Gasteiger partial charge on any atom is 0.121 e. The number of rotatable bonds is 10. The number of unbranched alkanes of at least 4 members (excludes halogenated alkanes) is 2. The van der Waals surface area contributed by atoms with E-state index >= 15 is 0 Å². The Morgan fingerprint density at radius 2 is 1.93 bits per heavy atom.